The minimum absolute atomic E-state index is 0.159. The molecule has 0 saturated carbocycles. The number of nitrogens with one attached hydrogen (secondary N) is 2. The first-order valence-corrected chi connectivity index (χ1v) is 5.52. The summed E-state index contributed by atoms with van der Waals surface area (Å²) in [6, 6.07) is 0. The van der Waals surface area contributed by atoms with Crippen LogP contribution < -0.4 is 11.0 Å². The predicted octanol–water partition coefficient (Wildman–Crippen LogP) is 0.0560. The first kappa shape index (κ1) is 11.3. The van der Waals surface area contributed by atoms with Crippen molar-refractivity contribution >= 4 is 11.8 Å². The van der Waals surface area contributed by atoms with Crippen LogP contribution in [-0.2, 0) is 7.05 Å². The molecule has 0 aliphatic rings. The van der Waals surface area contributed by atoms with Gasteiger partial charge in [0.25, 0.3) is 0 Å². The van der Waals surface area contributed by atoms with E-state index in [1.165, 1.54) is 4.57 Å². The summed E-state index contributed by atoms with van der Waals surface area (Å²) in [5.74, 6) is 1.52. The van der Waals surface area contributed by atoms with Gasteiger partial charge in [-0.2, -0.15) is 0 Å². The monoisotopic (exact) mass is 216 g/mol. The lowest BCUT2D eigenvalue weighted by atomic mass is 10.2. The van der Waals surface area contributed by atoms with Crippen molar-refractivity contribution < 1.29 is 0 Å². The number of aromatic amines is 1. The van der Waals surface area contributed by atoms with Gasteiger partial charge in [0.05, 0.1) is 0 Å². The number of thioether (sulfide) groups is 1. The number of hydrogen-bond donors (Lipinski definition) is 2. The zero-order chi connectivity index (χ0) is 10.6. The molecule has 0 radical (unpaired) electrons. The molecular weight excluding hydrogens is 200 g/mol. The third-order valence-corrected chi connectivity index (χ3v) is 3.25. The van der Waals surface area contributed by atoms with Crippen molar-refractivity contribution in [2.75, 3.05) is 19.3 Å². The Labute approximate surface area is 87.3 Å². The van der Waals surface area contributed by atoms with E-state index >= 15 is 0 Å². The molecular formula is C8H16N4OS. The normalized spacial score (nSPS) is 13.1. The van der Waals surface area contributed by atoms with Gasteiger partial charge in [-0.3, -0.25) is 4.57 Å². The smallest absolute Gasteiger partial charge is 0.319 e. The average Bonchev–Trinajstić information content (AvgIpc) is 2.46. The van der Waals surface area contributed by atoms with E-state index in [-0.39, 0.29) is 5.69 Å². The molecule has 80 valence electrons. The van der Waals surface area contributed by atoms with Gasteiger partial charge in [-0.25, -0.2) is 9.89 Å². The molecule has 1 rings (SSSR count). The van der Waals surface area contributed by atoms with Crippen molar-refractivity contribution in [2.24, 2.45) is 13.0 Å². The molecule has 6 heteroatoms. The topological polar surface area (TPSA) is 62.7 Å². The summed E-state index contributed by atoms with van der Waals surface area (Å²) >= 11 is 1.60. The summed E-state index contributed by atoms with van der Waals surface area (Å²) in [5, 5.41) is 10.2. The molecule has 14 heavy (non-hydrogen) atoms. The van der Waals surface area contributed by atoms with Gasteiger partial charge >= 0.3 is 5.69 Å². The molecule has 1 heterocycles. The van der Waals surface area contributed by atoms with E-state index in [1.807, 2.05) is 7.05 Å². The Morgan fingerprint density at radius 1 is 1.71 bits per heavy atom. The van der Waals surface area contributed by atoms with Gasteiger partial charge in [-0.1, -0.05) is 18.7 Å². The Kier molecular flexibility index (Phi) is 4.21. The van der Waals surface area contributed by atoms with Gasteiger partial charge in [0, 0.05) is 12.8 Å². The second kappa shape index (κ2) is 5.21. The Morgan fingerprint density at radius 3 is 2.93 bits per heavy atom. The van der Waals surface area contributed by atoms with E-state index in [0.717, 1.165) is 17.5 Å². The number of hydrogen-bond acceptors (Lipinski definition) is 4. The molecule has 0 amide bonds. The van der Waals surface area contributed by atoms with Gasteiger partial charge in [0.1, 0.15) is 0 Å². The molecule has 0 spiro atoms. The maximum Gasteiger partial charge on any atom is 0.343 e. The minimum Gasteiger partial charge on any atom is -0.319 e. The molecule has 0 fully saturated rings. The second-order valence-electron chi connectivity index (χ2n) is 3.34. The molecule has 0 saturated heterocycles. The highest BCUT2D eigenvalue weighted by molar-refractivity contribution is 7.99. The Bertz CT molecular complexity index is 332. The molecule has 1 aromatic rings. The molecule has 1 atom stereocenters. The van der Waals surface area contributed by atoms with Crippen LogP contribution in [-0.4, -0.2) is 34.1 Å². The molecule has 0 aliphatic heterocycles. The first-order valence-electron chi connectivity index (χ1n) is 4.54. The molecule has 1 unspecified atom stereocenters. The highest BCUT2D eigenvalue weighted by atomic mass is 32.2. The van der Waals surface area contributed by atoms with Gasteiger partial charge < -0.3 is 5.32 Å². The third kappa shape index (κ3) is 2.88. The summed E-state index contributed by atoms with van der Waals surface area (Å²) < 4.78 is 1.52. The zero-order valence-electron chi connectivity index (χ0n) is 8.70. The summed E-state index contributed by atoms with van der Waals surface area (Å²) in [5.41, 5.74) is -0.159. The van der Waals surface area contributed by atoms with E-state index < -0.39 is 0 Å². The van der Waals surface area contributed by atoms with Crippen LogP contribution in [0.4, 0.5) is 0 Å². The lowest BCUT2D eigenvalue weighted by Crippen LogP contribution is -2.18. The third-order valence-electron chi connectivity index (χ3n) is 1.89. The highest BCUT2D eigenvalue weighted by Gasteiger charge is 2.07. The summed E-state index contributed by atoms with van der Waals surface area (Å²) in [6.45, 7) is 3.14. The lowest BCUT2D eigenvalue weighted by molar-refractivity contribution is 0.602. The van der Waals surface area contributed by atoms with Gasteiger partial charge in [-0.15, -0.1) is 5.10 Å². The number of nitrogens with zero attached hydrogens (tertiary/aromatic N) is 2. The SMILES string of the molecule is CNCC(C)CSc1n[nH]c(=O)n1C. The fourth-order valence-electron chi connectivity index (χ4n) is 1.09. The maximum atomic E-state index is 11.0. The van der Waals surface area contributed by atoms with E-state index in [0.29, 0.717) is 5.92 Å². The fourth-order valence-corrected chi connectivity index (χ4v) is 2.02. The fraction of sp³-hybridized carbons (Fsp3) is 0.750. The zero-order valence-corrected chi connectivity index (χ0v) is 9.52. The van der Waals surface area contributed by atoms with Crippen LogP contribution in [0.3, 0.4) is 0 Å². The number of rotatable bonds is 5. The standard InChI is InChI=1S/C8H16N4OS/c1-6(4-9-2)5-14-8-11-10-7(13)12(8)3/h6,9H,4-5H2,1-3H3,(H,10,13). The number of aromatic nitrogens is 3. The van der Waals surface area contributed by atoms with E-state index in [2.05, 4.69) is 22.4 Å². The molecule has 0 aliphatic carbocycles. The lowest BCUT2D eigenvalue weighted by Gasteiger charge is -2.08. The molecule has 0 bridgehead atoms. The van der Waals surface area contributed by atoms with Gasteiger partial charge in [0.15, 0.2) is 5.16 Å². The maximum absolute atomic E-state index is 11.0. The van der Waals surface area contributed by atoms with Crippen molar-refractivity contribution in [3.8, 4) is 0 Å². The van der Waals surface area contributed by atoms with Crippen molar-refractivity contribution in [1.82, 2.24) is 20.1 Å². The Morgan fingerprint density at radius 2 is 2.43 bits per heavy atom. The van der Waals surface area contributed by atoms with Crippen LogP contribution in [0.25, 0.3) is 0 Å². The quantitative estimate of drug-likeness (QED) is 0.683. The van der Waals surface area contributed by atoms with Crippen LogP contribution in [0, 0.1) is 5.92 Å². The van der Waals surface area contributed by atoms with Crippen LogP contribution >= 0.6 is 11.8 Å². The Hall–Kier alpha value is -0.750. The Balaban J connectivity index is 2.45. The average molecular weight is 216 g/mol. The van der Waals surface area contributed by atoms with E-state index in [1.54, 1.807) is 18.8 Å². The largest absolute Gasteiger partial charge is 0.343 e. The van der Waals surface area contributed by atoms with Crippen LogP contribution in [0.15, 0.2) is 9.95 Å². The van der Waals surface area contributed by atoms with Crippen LogP contribution in [0.2, 0.25) is 0 Å². The first-order chi connectivity index (χ1) is 6.65. The number of H-pyrrole nitrogens is 1. The van der Waals surface area contributed by atoms with Gasteiger partial charge in [0.2, 0.25) is 0 Å². The summed E-state index contributed by atoms with van der Waals surface area (Å²) in [7, 11) is 3.66. The molecule has 5 nitrogen and oxygen atoms in total. The minimum atomic E-state index is -0.159. The van der Waals surface area contributed by atoms with Gasteiger partial charge in [-0.05, 0) is 19.5 Å². The van der Waals surface area contributed by atoms with E-state index in [4.69, 9.17) is 0 Å². The van der Waals surface area contributed by atoms with E-state index in [9.17, 15) is 4.79 Å². The molecule has 1 aromatic heterocycles. The predicted molar refractivity (Wildman–Crippen MR) is 57.6 cm³/mol. The van der Waals surface area contributed by atoms with Crippen molar-refractivity contribution in [3.63, 3.8) is 0 Å². The van der Waals surface area contributed by atoms with Crippen molar-refractivity contribution in [1.29, 1.82) is 0 Å². The molecule has 2 N–H and O–H groups in total. The highest BCUT2D eigenvalue weighted by Crippen LogP contribution is 2.15. The summed E-state index contributed by atoms with van der Waals surface area (Å²) in [4.78, 5) is 11.0. The second-order valence-corrected chi connectivity index (χ2v) is 4.33. The van der Waals surface area contributed by atoms with Crippen molar-refractivity contribution in [3.05, 3.63) is 10.5 Å². The van der Waals surface area contributed by atoms with Crippen LogP contribution in [0.5, 0.6) is 0 Å². The molecule has 0 aromatic carbocycles. The summed E-state index contributed by atoms with van der Waals surface area (Å²) in [6.07, 6.45) is 0. The van der Waals surface area contributed by atoms with Crippen LogP contribution in [0.1, 0.15) is 6.92 Å². The van der Waals surface area contributed by atoms with Crippen molar-refractivity contribution in [2.45, 2.75) is 12.1 Å².